The van der Waals surface area contributed by atoms with Crippen LogP contribution in [0.2, 0.25) is 0 Å². The first-order chi connectivity index (χ1) is 9.24. The van der Waals surface area contributed by atoms with Crippen LogP contribution in [0.15, 0.2) is 30.5 Å². The van der Waals surface area contributed by atoms with E-state index in [1.54, 1.807) is 7.11 Å². The summed E-state index contributed by atoms with van der Waals surface area (Å²) >= 11 is 0. The van der Waals surface area contributed by atoms with Crippen molar-refractivity contribution in [1.29, 1.82) is 0 Å². The molecule has 0 fully saturated rings. The van der Waals surface area contributed by atoms with E-state index in [1.165, 1.54) is 11.1 Å². The van der Waals surface area contributed by atoms with Crippen LogP contribution in [-0.2, 0) is 6.54 Å². The third-order valence-electron chi connectivity index (χ3n) is 3.40. The average molecular weight is 259 g/mol. The summed E-state index contributed by atoms with van der Waals surface area (Å²) in [4.78, 5) is 0. The summed E-state index contributed by atoms with van der Waals surface area (Å²) < 4.78 is 5.18. The lowest BCUT2D eigenvalue weighted by molar-refractivity contribution is 0.414. The van der Waals surface area contributed by atoms with Crippen LogP contribution < -0.4 is 10.1 Å². The van der Waals surface area contributed by atoms with Crippen LogP contribution >= 0.6 is 0 Å². The van der Waals surface area contributed by atoms with Gasteiger partial charge in [0.2, 0.25) is 0 Å². The maximum atomic E-state index is 5.18. The topological polar surface area (TPSA) is 49.9 Å². The number of ether oxygens (including phenoxy) is 1. The van der Waals surface area contributed by atoms with Gasteiger partial charge < -0.3 is 10.1 Å². The number of aromatic nitrogens is 2. The van der Waals surface area contributed by atoms with Gasteiger partial charge in [-0.25, -0.2) is 0 Å². The van der Waals surface area contributed by atoms with Crippen LogP contribution in [0.3, 0.4) is 0 Å². The quantitative estimate of drug-likeness (QED) is 0.838. The van der Waals surface area contributed by atoms with Gasteiger partial charge in [0.25, 0.3) is 0 Å². The highest BCUT2D eigenvalue weighted by atomic mass is 16.5. The summed E-state index contributed by atoms with van der Waals surface area (Å²) in [7, 11) is 1.69. The third-order valence-corrected chi connectivity index (χ3v) is 3.40. The number of H-pyrrole nitrogens is 1. The fourth-order valence-corrected chi connectivity index (χ4v) is 2.12. The lowest BCUT2D eigenvalue weighted by Gasteiger charge is -2.17. The fourth-order valence-electron chi connectivity index (χ4n) is 2.12. The van der Waals surface area contributed by atoms with Crippen molar-refractivity contribution in [1.82, 2.24) is 15.5 Å². The highest BCUT2D eigenvalue weighted by Crippen LogP contribution is 2.20. The Kier molecular flexibility index (Phi) is 4.58. The molecule has 1 atom stereocenters. The zero-order valence-corrected chi connectivity index (χ0v) is 11.7. The maximum Gasteiger partial charge on any atom is 0.118 e. The van der Waals surface area contributed by atoms with Gasteiger partial charge in [-0.15, -0.1) is 0 Å². The number of benzene rings is 1. The Morgan fingerprint density at radius 1 is 1.32 bits per heavy atom. The summed E-state index contributed by atoms with van der Waals surface area (Å²) in [5.41, 5.74) is 3.62. The molecule has 0 amide bonds. The number of hydrogen-bond acceptors (Lipinski definition) is 3. The molecule has 4 heteroatoms. The highest BCUT2D eigenvalue weighted by molar-refractivity contribution is 5.29. The van der Waals surface area contributed by atoms with Gasteiger partial charge in [0.05, 0.1) is 13.3 Å². The smallest absolute Gasteiger partial charge is 0.118 e. The predicted octanol–water partition coefficient (Wildman–Crippen LogP) is 2.97. The van der Waals surface area contributed by atoms with Crippen molar-refractivity contribution in [2.24, 2.45) is 0 Å². The molecule has 0 aliphatic rings. The Balaban J connectivity index is 2.01. The van der Waals surface area contributed by atoms with E-state index in [9.17, 15) is 0 Å². The Hall–Kier alpha value is -1.81. The predicted molar refractivity (Wildman–Crippen MR) is 76.2 cm³/mol. The molecule has 1 aromatic heterocycles. The van der Waals surface area contributed by atoms with Gasteiger partial charge in [0.1, 0.15) is 5.75 Å². The van der Waals surface area contributed by atoms with Gasteiger partial charge in [-0.05, 0) is 31.0 Å². The molecule has 0 saturated carbocycles. The van der Waals surface area contributed by atoms with E-state index in [2.05, 4.69) is 34.6 Å². The van der Waals surface area contributed by atoms with Crippen molar-refractivity contribution >= 4 is 0 Å². The Bertz CT molecular complexity index is 504. The molecular weight excluding hydrogens is 238 g/mol. The van der Waals surface area contributed by atoms with Gasteiger partial charge in [0.15, 0.2) is 0 Å². The second kappa shape index (κ2) is 6.38. The molecular formula is C15H21N3O. The first-order valence-corrected chi connectivity index (χ1v) is 6.60. The summed E-state index contributed by atoms with van der Waals surface area (Å²) in [6.07, 6.45) is 2.92. The van der Waals surface area contributed by atoms with Crippen LogP contribution in [0.5, 0.6) is 5.75 Å². The normalized spacial score (nSPS) is 12.4. The molecule has 0 spiro atoms. The van der Waals surface area contributed by atoms with Crippen LogP contribution in [-0.4, -0.2) is 17.3 Å². The molecule has 1 aromatic carbocycles. The number of aromatic amines is 1. The number of nitrogens with one attached hydrogen (secondary N) is 2. The zero-order valence-electron chi connectivity index (χ0n) is 11.7. The number of rotatable bonds is 6. The van der Waals surface area contributed by atoms with E-state index < -0.39 is 0 Å². The lowest BCUT2D eigenvalue weighted by Crippen LogP contribution is -2.20. The first kappa shape index (κ1) is 13.6. The summed E-state index contributed by atoms with van der Waals surface area (Å²) in [6, 6.07) is 8.58. The van der Waals surface area contributed by atoms with Crippen molar-refractivity contribution < 1.29 is 4.74 Å². The van der Waals surface area contributed by atoms with Gasteiger partial charge in [-0.3, -0.25) is 5.10 Å². The van der Waals surface area contributed by atoms with E-state index in [-0.39, 0.29) is 0 Å². The second-order valence-corrected chi connectivity index (χ2v) is 4.64. The largest absolute Gasteiger partial charge is 0.497 e. The minimum atomic E-state index is 0.347. The summed E-state index contributed by atoms with van der Waals surface area (Å²) in [6.45, 7) is 5.05. The average Bonchev–Trinajstić information content (AvgIpc) is 2.86. The second-order valence-electron chi connectivity index (χ2n) is 4.64. The Morgan fingerprint density at radius 2 is 2.05 bits per heavy atom. The lowest BCUT2D eigenvalue weighted by atomic mass is 10.0. The van der Waals surface area contributed by atoms with Crippen molar-refractivity contribution in [2.45, 2.75) is 32.9 Å². The summed E-state index contributed by atoms with van der Waals surface area (Å²) in [5, 5.41) is 10.6. The Labute approximate surface area is 114 Å². The minimum absolute atomic E-state index is 0.347. The molecule has 2 rings (SSSR count). The molecule has 2 aromatic rings. The van der Waals surface area contributed by atoms with E-state index in [0.717, 1.165) is 24.4 Å². The molecule has 0 radical (unpaired) electrons. The molecule has 0 unspecified atom stereocenters. The van der Waals surface area contributed by atoms with Gasteiger partial charge in [-0.2, -0.15) is 5.10 Å². The van der Waals surface area contributed by atoms with Crippen LogP contribution in [0, 0.1) is 6.92 Å². The SMILES string of the molecule is CC[C@@H](NCc1cn[nH]c1C)c1ccc(OC)cc1. The number of methoxy groups -OCH3 is 1. The zero-order chi connectivity index (χ0) is 13.7. The minimum Gasteiger partial charge on any atom is -0.497 e. The van der Waals surface area contributed by atoms with Crippen molar-refractivity contribution in [3.8, 4) is 5.75 Å². The molecule has 1 heterocycles. The van der Waals surface area contributed by atoms with Crippen molar-refractivity contribution in [2.75, 3.05) is 7.11 Å². The highest BCUT2D eigenvalue weighted by Gasteiger charge is 2.10. The maximum absolute atomic E-state index is 5.18. The molecule has 0 bridgehead atoms. The van der Waals surface area contributed by atoms with Crippen molar-refractivity contribution in [3.63, 3.8) is 0 Å². The molecule has 4 nitrogen and oxygen atoms in total. The molecule has 19 heavy (non-hydrogen) atoms. The van der Waals surface area contributed by atoms with E-state index in [1.807, 2.05) is 25.3 Å². The van der Waals surface area contributed by atoms with E-state index in [4.69, 9.17) is 4.74 Å². The third kappa shape index (κ3) is 3.35. The number of nitrogens with zero attached hydrogens (tertiary/aromatic N) is 1. The van der Waals surface area contributed by atoms with Crippen LogP contribution in [0.25, 0.3) is 0 Å². The van der Waals surface area contributed by atoms with Crippen LogP contribution in [0.1, 0.15) is 36.2 Å². The number of hydrogen-bond donors (Lipinski definition) is 2. The molecule has 102 valence electrons. The summed E-state index contributed by atoms with van der Waals surface area (Å²) in [5.74, 6) is 0.893. The Morgan fingerprint density at radius 3 is 2.58 bits per heavy atom. The van der Waals surface area contributed by atoms with Gasteiger partial charge >= 0.3 is 0 Å². The molecule has 0 aliphatic heterocycles. The van der Waals surface area contributed by atoms with Crippen molar-refractivity contribution in [3.05, 3.63) is 47.3 Å². The molecule has 2 N–H and O–H groups in total. The fraction of sp³-hybridized carbons (Fsp3) is 0.400. The van der Waals surface area contributed by atoms with Crippen LogP contribution in [0.4, 0.5) is 0 Å². The van der Waals surface area contributed by atoms with Gasteiger partial charge in [-0.1, -0.05) is 19.1 Å². The number of aryl methyl sites for hydroxylation is 1. The molecule has 0 saturated heterocycles. The van der Waals surface area contributed by atoms with Gasteiger partial charge in [0, 0.05) is 23.8 Å². The first-order valence-electron chi connectivity index (χ1n) is 6.60. The van der Waals surface area contributed by atoms with E-state index >= 15 is 0 Å². The monoisotopic (exact) mass is 259 g/mol. The standard InChI is InChI=1S/C15H21N3O/c1-4-15(12-5-7-14(19-3)8-6-12)16-9-13-10-17-18-11(13)2/h5-8,10,15-16H,4,9H2,1-3H3,(H,17,18)/t15-/m1/s1. The van der Waals surface area contributed by atoms with E-state index in [0.29, 0.717) is 6.04 Å². The molecule has 0 aliphatic carbocycles.